The first-order valence-corrected chi connectivity index (χ1v) is 6.78. The third-order valence-corrected chi connectivity index (χ3v) is 2.73. The van der Waals surface area contributed by atoms with E-state index in [1.165, 1.54) is 12.1 Å². The van der Waals surface area contributed by atoms with Crippen LogP contribution in [0, 0.1) is 57.5 Å². The Bertz CT molecular complexity index is 1010. The van der Waals surface area contributed by atoms with Gasteiger partial charge in [-0.3, -0.25) is 10.1 Å². The molecule has 0 spiro atoms. The van der Waals surface area contributed by atoms with Crippen LogP contribution >= 0.6 is 0 Å². The Morgan fingerprint density at radius 1 is 0.792 bits per heavy atom. The van der Waals surface area contributed by atoms with E-state index in [-0.39, 0.29) is 11.4 Å². The van der Waals surface area contributed by atoms with Crippen molar-refractivity contribution in [3.8, 4) is 47.4 Å². The van der Waals surface area contributed by atoms with Gasteiger partial charge in [0, 0.05) is 17.2 Å². The lowest BCUT2D eigenvalue weighted by Crippen LogP contribution is -1.95. The van der Waals surface area contributed by atoms with Gasteiger partial charge in [0.25, 0.3) is 5.69 Å². The molecule has 0 radical (unpaired) electrons. The molecule has 0 unspecified atom stereocenters. The molecule has 0 atom stereocenters. The minimum absolute atomic E-state index is 0.0968. The van der Waals surface area contributed by atoms with Crippen LogP contribution in [0.4, 0.5) is 11.4 Å². The van der Waals surface area contributed by atoms with Crippen LogP contribution in [0.25, 0.3) is 0 Å². The SMILES string of the molecule is Nc1ccc(C#CC#CC#CC#Cc2ccccc2)cc1[N+](=O)[O-]. The van der Waals surface area contributed by atoms with Crippen molar-refractivity contribution >= 4 is 11.4 Å². The minimum atomic E-state index is -0.553. The van der Waals surface area contributed by atoms with Crippen molar-refractivity contribution < 1.29 is 4.92 Å². The first kappa shape index (κ1) is 16.3. The summed E-state index contributed by atoms with van der Waals surface area (Å²) in [7, 11) is 0. The number of nitro groups is 1. The third-order valence-electron chi connectivity index (χ3n) is 2.73. The number of nitrogen functional groups attached to an aromatic ring is 1. The summed E-state index contributed by atoms with van der Waals surface area (Å²) in [5, 5.41) is 10.8. The zero-order valence-corrected chi connectivity index (χ0v) is 12.5. The summed E-state index contributed by atoms with van der Waals surface area (Å²) in [5.74, 6) is 21.1. The van der Waals surface area contributed by atoms with E-state index >= 15 is 0 Å². The van der Waals surface area contributed by atoms with E-state index in [2.05, 4.69) is 47.4 Å². The van der Waals surface area contributed by atoms with Crippen LogP contribution in [0.5, 0.6) is 0 Å². The van der Waals surface area contributed by atoms with Gasteiger partial charge in [-0.2, -0.15) is 0 Å². The van der Waals surface area contributed by atoms with Gasteiger partial charge in [0.05, 0.1) is 4.92 Å². The maximum Gasteiger partial charge on any atom is 0.293 e. The zero-order valence-electron chi connectivity index (χ0n) is 12.5. The predicted molar refractivity (Wildman–Crippen MR) is 93.3 cm³/mol. The molecule has 0 heterocycles. The molecule has 2 aromatic carbocycles. The quantitative estimate of drug-likeness (QED) is 0.381. The Kier molecular flexibility index (Phi) is 5.66. The standard InChI is InChI=1S/C20H10N2O2/c21-19-15-14-18(16-20(19)22(23)24)13-7-4-2-1-3-6-10-17-11-8-5-9-12-17/h5,8-9,11-12,14-16H,21H2. The molecule has 0 bridgehead atoms. The van der Waals surface area contributed by atoms with Gasteiger partial charge in [-0.05, 0) is 59.8 Å². The van der Waals surface area contributed by atoms with E-state index in [0.717, 1.165) is 5.56 Å². The monoisotopic (exact) mass is 310 g/mol. The van der Waals surface area contributed by atoms with Gasteiger partial charge in [-0.1, -0.05) is 30.0 Å². The first-order chi connectivity index (χ1) is 11.7. The first-order valence-electron chi connectivity index (χ1n) is 6.78. The molecule has 0 aliphatic rings. The van der Waals surface area contributed by atoms with Gasteiger partial charge in [0.1, 0.15) is 5.69 Å². The third kappa shape index (κ3) is 5.01. The van der Waals surface area contributed by atoms with Crippen LogP contribution in [0.1, 0.15) is 11.1 Å². The lowest BCUT2D eigenvalue weighted by molar-refractivity contribution is -0.383. The van der Waals surface area contributed by atoms with Crippen LogP contribution in [-0.4, -0.2) is 4.92 Å². The van der Waals surface area contributed by atoms with Crippen LogP contribution in [-0.2, 0) is 0 Å². The predicted octanol–water partition coefficient (Wildman–Crippen LogP) is 2.59. The number of rotatable bonds is 1. The van der Waals surface area contributed by atoms with E-state index in [1.54, 1.807) is 6.07 Å². The van der Waals surface area contributed by atoms with Crippen LogP contribution < -0.4 is 5.73 Å². The Balaban J connectivity index is 2.02. The number of hydrogen-bond donors (Lipinski definition) is 1. The highest BCUT2D eigenvalue weighted by Crippen LogP contribution is 2.21. The average Bonchev–Trinajstić information content (AvgIpc) is 2.59. The largest absolute Gasteiger partial charge is 0.393 e. The Hall–Kier alpha value is -4.12. The Morgan fingerprint density at radius 2 is 1.38 bits per heavy atom. The van der Waals surface area contributed by atoms with Crippen molar-refractivity contribution in [2.24, 2.45) is 0 Å². The van der Waals surface area contributed by atoms with Crippen LogP contribution in [0.2, 0.25) is 0 Å². The lowest BCUT2D eigenvalue weighted by Gasteiger charge is -1.96. The fourth-order valence-corrected chi connectivity index (χ4v) is 1.63. The molecule has 0 fully saturated rings. The number of nitrogens with zero attached hydrogens (tertiary/aromatic N) is 1. The summed E-state index contributed by atoms with van der Waals surface area (Å²) < 4.78 is 0. The molecule has 0 aliphatic carbocycles. The summed E-state index contributed by atoms with van der Waals surface area (Å²) in [6.45, 7) is 0. The van der Waals surface area contributed by atoms with Gasteiger partial charge >= 0.3 is 0 Å². The second kappa shape index (κ2) is 8.35. The number of benzene rings is 2. The molecule has 24 heavy (non-hydrogen) atoms. The summed E-state index contributed by atoms with van der Waals surface area (Å²) in [5.41, 5.74) is 6.77. The average molecular weight is 310 g/mol. The zero-order chi connectivity index (χ0) is 17.2. The summed E-state index contributed by atoms with van der Waals surface area (Å²) >= 11 is 0. The molecular weight excluding hydrogens is 300 g/mol. The summed E-state index contributed by atoms with van der Waals surface area (Å²) in [4.78, 5) is 10.2. The fourth-order valence-electron chi connectivity index (χ4n) is 1.63. The number of anilines is 1. The molecule has 0 aliphatic heterocycles. The second-order valence-corrected chi connectivity index (χ2v) is 4.40. The van der Waals surface area contributed by atoms with Crippen molar-refractivity contribution in [3.63, 3.8) is 0 Å². The van der Waals surface area contributed by atoms with E-state index in [1.807, 2.05) is 30.3 Å². The summed E-state index contributed by atoms with van der Waals surface area (Å²) in [6, 6.07) is 13.8. The maximum atomic E-state index is 10.8. The van der Waals surface area contributed by atoms with Crippen LogP contribution in [0.3, 0.4) is 0 Å². The van der Waals surface area contributed by atoms with Gasteiger partial charge < -0.3 is 5.73 Å². The fraction of sp³-hybridized carbons (Fsp3) is 0. The highest BCUT2D eigenvalue weighted by Gasteiger charge is 2.10. The Morgan fingerprint density at radius 3 is 2.00 bits per heavy atom. The molecule has 0 saturated carbocycles. The lowest BCUT2D eigenvalue weighted by atomic mass is 10.2. The van der Waals surface area contributed by atoms with Crippen LogP contribution in [0.15, 0.2) is 48.5 Å². The van der Waals surface area contributed by atoms with Crippen molar-refractivity contribution in [2.75, 3.05) is 5.73 Å². The van der Waals surface area contributed by atoms with Gasteiger partial charge in [-0.25, -0.2) is 0 Å². The van der Waals surface area contributed by atoms with Crippen molar-refractivity contribution in [2.45, 2.75) is 0 Å². The molecular formula is C20H10N2O2. The molecule has 4 heteroatoms. The van der Waals surface area contributed by atoms with E-state index in [4.69, 9.17) is 5.73 Å². The minimum Gasteiger partial charge on any atom is -0.393 e. The van der Waals surface area contributed by atoms with E-state index < -0.39 is 4.92 Å². The molecule has 2 aromatic rings. The number of hydrogen-bond acceptors (Lipinski definition) is 3. The maximum absolute atomic E-state index is 10.8. The normalized spacial score (nSPS) is 8.00. The van der Waals surface area contributed by atoms with E-state index in [0.29, 0.717) is 5.56 Å². The van der Waals surface area contributed by atoms with Crippen molar-refractivity contribution in [3.05, 3.63) is 69.8 Å². The van der Waals surface area contributed by atoms with Gasteiger partial charge in [0.15, 0.2) is 0 Å². The summed E-state index contributed by atoms with van der Waals surface area (Å²) in [6.07, 6.45) is 0. The molecule has 0 saturated heterocycles. The van der Waals surface area contributed by atoms with Crippen molar-refractivity contribution in [1.29, 1.82) is 0 Å². The molecule has 2 rings (SSSR count). The second-order valence-electron chi connectivity index (χ2n) is 4.40. The topological polar surface area (TPSA) is 69.2 Å². The highest BCUT2D eigenvalue weighted by molar-refractivity contribution is 5.61. The van der Waals surface area contributed by atoms with Gasteiger partial charge in [-0.15, -0.1) is 0 Å². The van der Waals surface area contributed by atoms with Gasteiger partial charge in [0.2, 0.25) is 0 Å². The van der Waals surface area contributed by atoms with Crippen molar-refractivity contribution in [1.82, 2.24) is 0 Å². The highest BCUT2D eigenvalue weighted by atomic mass is 16.6. The smallest absolute Gasteiger partial charge is 0.293 e. The van der Waals surface area contributed by atoms with E-state index in [9.17, 15) is 10.1 Å². The molecule has 0 amide bonds. The number of nitro benzene ring substituents is 1. The molecule has 2 N–H and O–H groups in total. The Labute approximate surface area is 139 Å². The number of nitrogens with two attached hydrogens (primary N) is 1. The molecule has 112 valence electrons. The molecule has 0 aromatic heterocycles. The molecule has 4 nitrogen and oxygen atoms in total.